The third-order valence-electron chi connectivity index (χ3n) is 6.22. The molecule has 0 amide bonds. The maximum atomic E-state index is 13.5. The van der Waals surface area contributed by atoms with Gasteiger partial charge in [0.1, 0.15) is 11.6 Å². The van der Waals surface area contributed by atoms with Crippen molar-refractivity contribution in [2.45, 2.75) is 26.4 Å². The summed E-state index contributed by atoms with van der Waals surface area (Å²) in [5.41, 5.74) is 1.88. The zero-order valence-corrected chi connectivity index (χ0v) is 19.6. The molecule has 0 radical (unpaired) electrons. The van der Waals surface area contributed by atoms with Crippen LogP contribution in [0.25, 0.3) is 0 Å². The number of nitrogens with zero attached hydrogens (tertiary/aromatic N) is 5. The van der Waals surface area contributed by atoms with Gasteiger partial charge in [-0.25, -0.2) is 9.18 Å². The highest BCUT2D eigenvalue weighted by molar-refractivity contribution is 5.59. The van der Waals surface area contributed by atoms with Gasteiger partial charge in [0.15, 0.2) is 0 Å². The molecule has 1 aliphatic heterocycles. The summed E-state index contributed by atoms with van der Waals surface area (Å²) in [5.74, 6) is 0.223. The second-order valence-corrected chi connectivity index (χ2v) is 8.53. The van der Waals surface area contributed by atoms with Crippen LogP contribution in [0, 0.1) is 12.7 Å². The maximum absolute atomic E-state index is 13.5. The van der Waals surface area contributed by atoms with Crippen LogP contribution in [0.3, 0.4) is 0 Å². The molecule has 1 saturated heterocycles. The van der Waals surface area contributed by atoms with E-state index in [0.29, 0.717) is 30.8 Å². The van der Waals surface area contributed by atoms with E-state index >= 15 is 0 Å². The molecule has 1 aliphatic rings. The topological polar surface area (TPSA) is 72.6 Å². The van der Waals surface area contributed by atoms with E-state index in [1.165, 1.54) is 16.7 Å². The zero-order valence-electron chi connectivity index (χ0n) is 19.6. The van der Waals surface area contributed by atoms with E-state index in [0.717, 1.165) is 44.0 Å². The van der Waals surface area contributed by atoms with Gasteiger partial charge in [-0.2, -0.15) is 0 Å². The molecule has 3 heterocycles. The highest BCUT2D eigenvalue weighted by atomic mass is 19.1. The predicted octanol–water partition coefficient (Wildman–Crippen LogP) is 2.12. The molecule has 0 atom stereocenters. The van der Waals surface area contributed by atoms with E-state index in [4.69, 9.17) is 4.74 Å². The lowest BCUT2D eigenvalue weighted by molar-refractivity contribution is 0.248. The lowest BCUT2D eigenvalue weighted by Crippen LogP contribution is -2.47. The van der Waals surface area contributed by atoms with Crippen molar-refractivity contribution >= 4 is 5.69 Å². The molecule has 180 valence electrons. The molecule has 3 aromatic rings. The number of hydrogen-bond acceptors (Lipinski definition) is 6. The van der Waals surface area contributed by atoms with Crippen molar-refractivity contribution in [1.29, 1.82) is 0 Å². The molecule has 0 unspecified atom stereocenters. The number of rotatable bonds is 8. The number of anilines is 1. The van der Waals surface area contributed by atoms with Crippen molar-refractivity contribution in [3.8, 4) is 5.75 Å². The van der Waals surface area contributed by atoms with Crippen LogP contribution in [0.15, 0.2) is 58.5 Å². The molecule has 8 nitrogen and oxygen atoms in total. The van der Waals surface area contributed by atoms with Crippen LogP contribution in [-0.2, 0) is 13.1 Å². The van der Waals surface area contributed by atoms with Gasteiger partial charge >= 0.3 is 5.69 Å². The second kappa shape index (κ2) is 10.6. The molecule has 0 N–H and O–H groups in total. The van der Waals surface area contributed by atoms with E-state index in [9.17, 15) is 14.0 Å². The normalized spacial score (nSPS) is 14.4. The Morgan fingerprint density at radius 1 is 1.03 bits per heavy atom. The number of aromatic nitrogens is 3. The van der Waals surface area contributed by atoms with Gasteiger partial charge in [0.25, 0.3) is 5.56 Å². The molecule has 4 rings (SSSR count). The minimum absolute atomic E-state index is 0.232. The largest absolute Gasteiger partial charge is 0.494 e. The number of methoxy groups -OCH3 is 1. The molecule has 2 aromatic heterocycles. The summed E-state index contributed by atoms with van der Waals surface area (Å²) in [6.07, 6.45) is 5.71. The van der Waals surface area contributed by atoms with Gasteiger partial charge in [-0.3, -0.25) is 23.8 Å². The Balaban J connectivity index is 1.35. The van der Waals surface area contributed by atoms with E-state index < -0.39 is 0 Å². The summed E-state index contributed by atoms with van der Waals surface area (Å²) in [6.45, 7) is 6.59. The summed E-state index contributed by atoms with van der Waals surface area (Å²) in [4.78, 5) is 34.1. The summed E-state index contributed by atoms with van der Waals surface area (Å²) in [5, 5.41) is 0. The Kier molecular flexibility index (Phi) is 7.42. The molecule has 0 aliphatic carbocycles. The minimum Gasteiger partial charge on any atom is -0.494 e. The predicted molar refractivity (Wildman–Crippen MR) is 129 cm³/mol. The number of halogens is 1. The SMILES string of the molecule is COc1cc(F)ccc1N1CCN(CCCn2c(=O)c(C)cn(Cc3ccncc3)c2=O)CC1. The van der Waals surface area contributed by atoms with E-state index in [2.05, 4.69) is 14.8 Å². The molecule has 1 aromatic carbocycles. The summed E-state index contributed by atoms with van der Waals surface area (Å²) >= 11 is 0. The van der Waals surface area contributed by atoms with Crippen molar-refractivity contribution in [1.82, 2.24) is 19.0 Å². The van der Waals surface area contributed by atoms with Gasteiger partial charge in [0, 0.05) is 62.9 Å². The number of pyridine rings is 1. The fourth-order valence-electron chi connectivity index (χ4n) is 4.37. The standard InChI is InChI=1S/C25H30FN5O3/c1-19-17-30(18-20-6-8-27-9-7-20)25(33)31(24(19)32)11-3-10-28-12-14-29(15-13-28)22-5-4-21(26)16-23(22)34-2/h4-9,16-17H,3,10-15,18H2,1-2H3. The highest BCUT2D eigenvalue weighted by Crippen LogP contribution is 2.29. The Labute approximate surface area is 197 Å². The smallest absolute Gasteiger partial charge is 0.331 e. The number of piperazine rings is 1. The Bertz CT molecular complexity index is 1230. The second-order valence-electron chi connectivity index (χ2n) is 8.53. The fraction of sp³-hybridized carbons (Fsp3) is 0.400. The molecule has 34 heavy (non-hydrogen) atoms. The molecular formula is C25H30FN5O3. The quantitative estimate of drug-likeness (QED) is 0.506. The molecule has 0 spiro atoms. The van der Waals surface area contributed by atoms with Crippen molar-refractivity contribution in [2.75, 3.05) is 44.7 Å². The third kappa shape index (κ3) is 5.36. The first-order valence-corrected chi connectivity index (χ1v) is 11.5. The summed E-state index contributed by atoms with van der Waals surface area (Å²) in [7, 11) is 1.55. The first-order valence-electron chi connectivity index (χ1n) is 11.5. The van der Waals surface area contributed by atoms with Gasteiger partial charge in [0.2, 0.25) is 0 Å². The molecule has 1 fully saturated rings. The van der Waals surface area contributed by atoms with Gasteiger partial charge < -0.3 is 9.64 Å². The molecule has 0 bridgehead atoms. The van der Waals surface area contributed by atoms with Crippen LogP contribution in [0.5, 0.6) is 5.75 Å². The van der Waals surface area contributed by atoms with Crippen molar-refractivity contribution < 1.29 is 9.13 Å². The molecule has 9 heteroatoms. The van der Waals surface area contributed by atoms with Crippen LogP contribution in [-0.4, -0.2) is 58.9 Å². The molecular weight excluding hydrogens is 437 g/mol. The number of ether oxygens (including phenoxy) is 1. The summed E-state index contributed by atoms with van der Waals surface area (Å²) in [6, 6.07) is 8.33. The summed E-state index contributed by atoms with van der Waals surface area (Å²) < 4.78 is 21.8. The van der Waals surface area contributed by atoms with E-state index in [1.807, 2.05) is 12.1 Å². The highest BCUT2D eigenvalue weighted by Gasteiger charge is 2.20. The Morgan fingerprint density at radius 2 is 1.76 bits per heavy atom. The average Bonchev–Trinajstić information content (AvgIpc) is 2.85. The van der Waals surface area contributed by atoms with Crippen LogP contribution < -0.4 is 20.9 Å². The maximum Gasteiger partial charge on any atom is 0.331 e. The first kappa shape index (κ1) is 23.7. The fourth-order valence-corrected chi connectivity index (χ4v) is 4.37. The van der Waals surface area contributed by atoms with Gasteiger partial charge in [0.05, 0.1) is 19.3 Å². The van der Waals surface area contributed by atoms with Crippen molar-refractivity contribution in [3.05, 3.63) is 86.7 Å². The van der Waals surface area contributed by atoms with E-state index in [1.54, 1.807) is 43.3 Å². The van der Waals surface area contributed by atoms with Crippen molar-refractivity contribution in [2.24, 2.45) is 0 Å². The first-order chi connectivity index (χ1) is 16.5. The van der Waals surface area contributed by atoms with Gasteiger partial charge in [-0.05, 0) is 49.7 Å². The number of hydrogen-bond donors (Lipinski definition) is 0. The Morgan fingerprint density at radius 3 is 2.47 bits per heavy atom. The van der Waals surface area contributed by atoms with Gasteiger partial charge in [-0.1, -0.05) is 0 Å². The zero-order chi connectivity index (χ0) is 24.1. The minimum atomic E-state index is -0.314. The van der Waals surface area contributed by atoms with Crippen LogP contribution in [0.4, 0.5) is 10.1 Å². The van der Waals surface area contributed by atoms with Crippen LogP contribution >= 0.6 is 0 Å². The monoisotopic (exact) mass is 467 g/mol. The number of aryl methyl sites for hydroxylation is 1. The average molecular weight is 468 g/mol. The van der Waals surface area contributed by atoms with Crippen LogP contribution in [0.1, 0.15) is 17.5 Å². The number of benzene rings is 1. The van der Waals surface area contributed by atoms with E-state index in [-0.39, 0.29) is 17.1 Å². The van der Waals surface area contributed by atoms with Gasteiger partial charge in [-0.15, -0.1) is 0 Å². The molecule has 0 saturated carbocycles. The van der Waals surface area contributed by atoms with Crippen molar-refractivity contribution in [3.63, 3.8) is 0 Å². The van der Waals surface area contributed by atoms with Crippen LogP contribution in [0.2, 0.25) is 0 Å². The Hall–Kier alpha value is -3.46. The lowest BCUT2D eigenvalue weighted by atomic mass is 10.2. The lowest BCUT2D eigenvalue weighted by Gasteiger charge is -2.36. The third-order valence-corrected chi connectivity index (χ3v) is 6.22.